The number of piperazine rings is 1. The summed E-state index contributed by atoms with van der Waals surface area (Å²) in [6.07, 6.45) is 0.842. The normalized spacial score (nSPS) is 15.4. The molecule has 0 spiro atoms. The van der Waals surface area contributed by atoms with E-state index in [1.54, 1.807) is 6.07 Å². The first-order valence-electron chi connectivity index (χ1n) is 8.30. The minimum absolute atomic E-state index is 0.282. The fourth-order valence-corrected chi connectivity index (χ4v) is 3.44. The number of ether oxygens (including phenoxy) is 1. The molecule has 1 saturated heterocycles. The van der Waals surface area contributed by atoms with Crippen LogP contribution in [0.4, 0.5) is 4.39 Å². The summed E-state index contributed by atoms with van der Waals surface area (Å²) in [5.41, 5.74) is 2.01. The van der Waals surface area contributed by atoms with Gasteiger partial charge in [0.1, 0.15) is 6.61 Å². The Labute approximate surface area is 150 Å². The van der Waals surface area contributed by atoms with E-state index < -0.39 is 0 Å². The number of benzene rings is 2. The highest BCUT2D eigenvalue weighted by molar-refractivity contribution is 9.10. The average Bonchev–Trinajstić information content (AvgIpc) is 2.61. The van der Waals surface area contributed by atoms with Gasteiger partial charge in [0, 0.05) is 32.7 Å². The summed E-state index contributed by atoms with van der Waals surface area (Å²) in [5, 5.41) is 3.34. The zero-order valence-electron chi connectivity index (χ0n) is 13.6. The first-order chi connectivity index (χ1) is 11.7. The first kappa shape index (κ1) is 17.4. The Balaban J connectivity index is 1.60. The number of halogens is 2. The van der Waals surface area contributed by atoms with Crippen LogP contribution in [0.15, 0.2) is 46.9 Å². The Hall–Kier alpha value is -1.43. The van der Waals surface area contributed by atoms with Crippen LogP contribution in [-0.2, 0) is 13.0 Å². The van der Waals surface area contributed by atoms with Crippen LogP contribution in [0.1, 0.15) is 11.1 Å². The molecule has 0 saturated carbocycles. The number of nitrogens with zero attached hydrogens (tertiary/aromatic N) is 1. The Bertz CT molecular complexity index is 637. The maximum Gasteiger partial charge on any atom is 0.169 e. The molecule has 24 heavy (non-hydrogen) atoms. The van der Waals surface area contributed by atoms with E-state index in [0.29, 0.717) is 11.1 Å². The van der Waals surface area contributed by atoms with Crippen molar-refractivity contribution in [1.82, 2.24) is 10.2 Å². The molecule has 1 aliphatic heterocycles. The molecule has 2 aromatic rings. The van der Waals surface area contributed by atoms with Gasteiger partial charge in [-0.3, -0.25) is 0 Å². The lowest BCUT2D eigenvalue weighted by atomic mass is 10.1. The summed E-state index contributed by atoms with van der Waals surface area (Å²) >= 11 is 3.45. The highest BCUT2D eigenvalue weighted by Crippen LogP contribution is 2.30. The Morgan fingerprint density at radius 3 is 2.54 bits per heavy atom. The molecule has 5 heteroatoms. The van der Waals surface area contributed by atoms with Crippen molar-refractivity contribution in [2.45, 2.75) is 13.0 Å². The van der Waals surface area contributed by atoms with Crippen molar-refractivity contribution in [2.75, 3.05) is 32.7 Å². The molecule has 0 bridgehead atoms. The van der Waals surface area contributed by atoms with Crippen molar-refractivity contribution in [2.24, 2.45) is 0 Å². The van der Waals surface area contributed by atoms with Crippen molar-refractivity contribution in [3.63, 3.8) is 0 Å². The summed E-state index contributed by atoms with van der Waals surface area (Å²) in [4.78, 5) is 2.40. The van der Waals surface area contributed by atoms with Gasteiger partial charge in [-0.1, -0.05) is 30.3 Å². The van der Waals surface area contributed by atoms with Crippen LogP contribution in [0.2, 0.25) is 0 Å². The van der Waals surface area contributed by atoms with Crippen LogP contribution in [0.5, 0.6) is 5.75 Å². The monoisotopic (exact) mass is 392 g/mol. The van der Waals surface area contributed by atoms with Crippen LogP contribution in [0.3, 0.4) is 0 Å². The quantitative estimate of drug-likeness (QED) is 0.812. The third kappa shape index (κ3) is 4.79. The van der Waals surface area contributed by atoms with Gasteiger partial charge in [-0.25, -0.2) is 4.39 Å². The van der Waals surface area contributed by atoms with E-state index in [1.807, 2.05) is 36.4 Å². The summed E-state index contributed by atoms with van der Waals surface area (Å²) < 4.78 is 20.7. The van der Waals surface area contributed by atoms with Gasteiger partial charge >= 0.3 is 0 Å². The van der Waals surface area contributed by atoms with E-state index in [1.165, 1.54) is 0 Å². The Morgan fingerprint density at radius 2 is 1.83 bits per heavy atom. The lowest BCUT2D eigenvalue weighted by Gasteiger charge is -2.27. The molecule has 0 amide bonds. The van der Waals surface area contributed by atoms with Gasteiger partial charge < -0.3 is 15.0 Å². The van der Waals surface area contributed by atoms with Gasteiger partial charge in [0.05, 0.1) is 4.47 Å². The molecule has 1 N–H and O–H groups in total. The standard InChI is InChI=1S/C19H22BrFN2O/c20-17-12-16(6-9-23-10-7-22-8-11-23)13-18(21)19(17)24-14-15-4-2-1-3-5-15/h1-5,12-13,22H,6-11,14H2. The minimum Gasteiger partial charge on any atom is -0.485 e. The lowest BCUT2D eigenvalue weighted by molar-refractivity contribution is 0.243. The van der Waals surface area contributed by atoms with Gasteiger partial charge in [0.15, 0.2) is 11.6 Å². The van der Waals surface area contributed by atoms with E-state index in [2.05, 4.69) is 26.1 Å². The molecule has 1 fully saturated rings. The summed E-state index contributed by atoms with van der Waals surface area (Å²) in [5.74, 6) is -0.0274. The average molecular weight is 393 g/mol. The van der Waals surface area contributed by atoms with Crippen molar-refractivity contribution < 1.29 is 9.13 Å². The second-order valence-corrected chi connectivity index (χ2v) is 6.86. The van der Waals surface area contributed by atoms with Gasteiger partial charge in [0.25, 0.3) is 0 Å². The van der Waals surface area contributed by atoms with E-state index in [0.717, 1.165) is 50.3 Å². The number of nitrogens with one attached hydrogen (secondary N) is 1. The van der Waals surface area contributed by atoms with Crippen LogP contribution < -0.4 is 10.1 Å². The third-order valence-electron chi connectivity index (χ3n) is 4.21. The number of rotatable bonds is 6. The van der Waals surface area contributed by atoms with Crippen LogP contribution in [0, 0.1) is 5.82 Å². The van der Waals surface area contributed by atoms with Crippen LogP contribution in [-0.4, -0.2) is 37.6 Å². The molecule has 0 aromatic heterocycles. The molecule has 1 heterocycles. The predicted molar refractivity (Wildman–Crippen MR) is 97.9 cm³/mol. The fraction of sp³-hybridized carbons (Fsp3) is 0.368. The third-order valence-corrected chi connectivity index (χ3v) is 4.80. The smallest absolute Gasteiger partial charge is 0.169 e. The Kier molecular flexibility index (Phi) is 6.24. The molecule has 0 unspecified atom stereocenters. The van der Waals surface area contributed by atoms with E-state index in [9.17, 15) is 4.39 Å². The molecule has 3 nitrogen and oxygen atoms in total. The summed E-state index contributed by atoms with van der Waals surface area (Å²) in [6.45, 7) is 5.49. The predicted octanol–water partition coefficient (Wildman–Crippen LogP) is 3.61. The van der Waals surface area contributed by atoms with Crippen LogP contribution >= 0.6 is 15.9 Å². The van der Waals surface area contributed by atoms with Gasteiger partial charge in [-0.2, -0.15) is 0 Å². The lowest BCUT2D eigenvalue weighted by Crippen LogP contribution is -2.44. The van der Waals surface area contributed by atoms with Gasteiger partial charge in [0.2, 0.25) is 0 Å². The molecule has 0 atom stereocenters. The molecular formula is C19H22BrFN2O. The zero-order valence-corrected chi connectivity index (χ0v) is 15.2. The SMILES string of the molecule is Fc1cc(CCN2CCNCC2)cc(Br)c1OCc1ccccc1. The minimum atomic E-state index is -0.310. The second-order valence-electron chi connectivity index (χ2n) is 6.00. The summed E-state index contributed by atoms with van der Waals surface area (Å²) in [6, 6.07) is 13.3. The largest absolute Gasteiger partial charge is 0.485 e. The van der Waals surface area contributed by atoms with Gasteiger partial charge in [-0.05, 0) is 45.6 Å². The number of hydrogen-bond acceptors (Lipinski definition) is 3. The van der Waals surface area contributed by atoms with Crippen molar-refractivity contribution in [3.8, 4) is 5.75 Å². The van der Waals surface area contributed by atoms with Crippen molar-refractivity contribution in [1.29, 1.82) is 0 Å². The highest BCUT2D eigenvalue weighted by Gasteiger charge is 2.13. The maximum absolute atomic E-state index is 14.4. The van der Waals surface area contributed by atoms with E-state index >= 15 is 0 Å². The Morgan fingerprint density at radius 1 is 1.08 bits per heavy atom. The van der Waals surface area contributed by atoms with Crippen molar-refractivity contribution >= 4 is 15.9 Å². The fourth-order valence-electron chi connectivity index (χ4n) is 2.85. The molecular weight excluding hydrogens is 371 g/mol. The molecule has 0 aliphatic carbocycles. The van der Waals surface area contributed by atoms with E-state index in [-0.39, 0.29) is 11.6 Å². The highest BCUT2D eigenvalue weighted by atomic mass is 79.9. The van der Waals surface area contributed by atoms with Crippen molar-refractivity contribution in [3.05, 3.63) is 63.9 Å². The topological polar surface area (TPSA) is 24.5 Å². The van der Waals surface area contributed by atoms with Crippen LogP contribution in [0.25, 0.3) is 0 Å². The molecule has 0 radical (unpaired) electrons. The van der Waals surface area contributed by atoms with E-state index in [4.69, 9.17) is 4.74 Å². The molecule has 3 rings (SSSR count). The summed E-state index contributed by atoms with van der Waals surface area (Å²) in [7, 11) is 0. The zero-order chi connectivity index (χ0) is 16.8. The second kappa shape index (κ2) is 8.60. The first-order valence-corrected chi connectivity index (χ1v) is 9.09. The van der Waals surface area contributed by atoms with Gasteiger partial charge in [-0.15, -0.1) is 0 Å². The molecule has 1 aliphatic rings. The maximum atomic E-state index is 14.4. The number of hydrogen-bond donors (Lipinski definition) is 1. The molecule has 128 valence electrons. The molecule has 2 aromatic carbocycles.